The lowest BCUT2D eigenvalue weighted by atomic mass is 10.2. The molecule has 1 heterocycles. The second-order valence-corrected chi connectivity index (χ2v) is 9.02. The maximum Gasteiger partial charge on any atom is 0.238 e. The number of carbonyl (C=O) groups excluding carboxylic acids is 2. The van der Waals surface area contributed by atoms with Crippen LogP contribution in [0.5, 0.6) is 5.75 Å². The zero-order valence-corrected chi connectivity index (χ0v) is 19.3. The first-order valence-corrected chi connectivity index (χ1v) is 11.1. The highest BCUT2D eigenvalue weighted by Gasteiger charge is 2.35. The van der Waals surface area contributed by atoms with Crippen LogP contribution in [-0.4, -0.2) is 38.8 Å². The van der Waals surface area contributed by atoms with E-state index in [0.29, 0.717) is 33.1 Å². The van der Waals surface area contributed by atoms with Gasteiger partial charge in [0.05, 0.1) is 25.8 Å². The van der Waals surface area contributed by atoms with E-state index in [4.69, 9.17) is 46.4 Å². The van der Waals surface area contributed by atoms with Gasteiger partial charge in [-0.3, -0.25) is 14.5 Å². The summed E-state index contributed by atoms with van der Waals surface area (Å²) in [5.74, 6) is -0.849. The highest BCUT2D eigenvalue weighted by molar-refractivity contribution is 8.15. The van der Waals surface area contributed by atoms with Gasteiger partial charge in [0.1, 0.15) is 5.25 Å². The fourth-order valence-corrected chi connectivity index (χ4v) is 4.61. The van der Waals surface area contributed by atoms with Crippen LogP contribution in [0.1, 0.15) is 13.3 Å². The predicted molar refractivity (Wildman–Crippen MR) is 124 cm³/mol. The Morgan fingerprint density at radius 3 is 2.43 bits per heavy atom. The van der Waals surface area contributed by atoms with Crippen LogP contribution >= 0.6 is 58.2 Å². The van der Waals surface area contributed by atoms with Crippen LogP contribution in [0.25, 0.3) is 0 Å². The fraction of sp³-hybridized carbons (Fsp3) is 0.211. The first-order chi connectivity index (χ1) is 14.2. The lowest BCUT2D eigenvalue weighted by molar-refractivity contribution is -0.129. The minimum Gasteiger partial charge on any atom is -0.505 e. The van der Waals surface area contributed by atoms with Gasteiger partial charge in [-0.25, -0.2) is 4.99 Å². The molecule has 2 aromatic carbocycles. The molecule has 0 radical (unpaired) electrons. The summed E-state index contributed by atoms with van der Waals surface area (Å²) in [6.45, 7) is 2.19. The average molecular weight is 507 g/mol. The van der Waals surface area contributed by atoms with Crippen LogP contribution in [-0.2, 0) is 9.59 Å². The van der Waals surface area contributed by atoms with Crippen LogP contribution in [0.2, 0.25) is 20.1 Å². The Labute approximate surface area is 197 Å². The van der Waals surface area contributed by atoms with E-state index >= 15 is 0 Å². The molecule has 1 fully saturated rings. The molecule has 1 unspecified atom stereocenters. The van der Waals surface area contributed by atoms with Crippen molar-refractivity contribution in [1.29, 1.82) is 0 Å². The maximum atomic E-state index is 12.7. The van der Waals surface area contributed by atoms with E-state index in [1.807, 2.05) is 0 Å². The molecule has 1 aliphatic heterocycles. The number of benzene rings is 2. The highest BCUT2D eigenvalue weighted by Crippen LogP contribution is 2.37. The van der Waals surface area contributed by atoms with Gasteiger partial charge in [0.25, 0.3) is 0 Å². The summed E-state index contributed by atoms with van der Waals surface area (Å²) in [7, 11) is 0. The van der Waals surface area contributed by atoms with Gasteiger partial charge < -0.3 is 10.4 Å². The molecule has 0 spiro atoms. The summed E-state index contributed by atoms with van der Waals surface area (Å²) in [5, 5.41) is 12.8. The van der Waals surface area contributed by atoms with Crippen molar-refractivity contribution < 1.29 is 14.7 Å². The van der Waals surface area contributed by atoms with Crippen molar-refractivity contribution in [2.75, 3.05) is 11.9 Å². The lowest BCUT2D eigenvalue weighted by Crippen LogP contribution is -2.45. The van der Waals surface area contributed by atoms with Crippen LogP contribution in [0.3, 0.4) is 0 Å². The minimum absolute atomic E-state index is 0.0156. The van der Waals surface area contributed by atoms with Gasteiger partial charge in [0.15, 0.2) is 10.9 Å². The number of aromatic hydroxyl groups is 1. The molecule has 2 N–H and O–H groups in total. The van der Waals surface area contributed by atoms with Crippen molar-refractivity contribution in [2.45, 2.75) is 18.6 Å². The third-order valence-corrected chi connectivity index (χ3v) is 6.66. The van der Waals surface area contributed by atoms with Gasteiger partial charge in [0.2, 0.25) is 11.8 Å². The number of thioether (sulfide) groups is 1. The van der Waals surface area contributed by atoms with Gasteiger partial charge in [0, 0.05) is 18.7 Å². The smallest absolute Gasteiger partial charge is 0.238 e. The minimum atomic E-state index is -0.698. The largest absolute Gasteiger partial charge is 0.505 e. The number of anilines is 1. The molecule has 6 nitrogen and oxygen atoms in total. The number of amidine groups is 1. The Morgan fingerprint density at radius 1 is 1.17 bits per heavy atom. The third kappa shape index (κ3) is 5.15. The molecular formula is C19H15Cl4N3O3S. The quantitative estimate of drug-likeness (QED) is 0.533. The molecule has 2 amide bonds. The molecular weight excluding hydrogens is 492 g/mol. The molecule has 3 rings (SSSR count). The molecule has 0 saturated carbocycles. The molecule has 0 aromatic heterocycles. The molecule has 30 heavy (non-hydrogen) atoms. The number of phenolic OH excluding ortho intramolecular Hbond substituents is 1. The van der Waals surface area contributed by atoms with Crippen molar-refractivity contribution >= 4 is 86.5 Å². The van der Waals surface area contributed by atoms with E-state index in [1.165, 1.54) is 23.1 Å². The molecule has 1 aliphatic rings. The van der Waals surface area contributed by atoms with Gasteiger partial charge in [-0.2, -0.15) is 0 Å². The number of amides is 2. The van der Waals surface area contributed by atoms with Crippen LogP contribution in [0, 0.1) is 0 Å². The molecule has 158 valence electrons. The number of nitrogens with one attached hydrogen (secondary N) is 1. The molecule has 1 saturated heterocycles. The Morgan fingerprint density at radius 2 is 1.83 bits per heavy atom. The van der Waals surface area contributed by atoms with Crippen LogP contribution in [0.15, 0.2) is 35.3 Å². The first-order valence-electron chi connectivity index (χ1n) is 8.69. The van der Waals surface area contributed by atoms with E-state index in [1.54, 1.807) is 19.1 Å². The van der Waals surface area contributed by atoms with Crippen molar-refractivity contribution in [1.82, 2.24) is 4.90 Å². The second-order valence-electron chi connectivity index (χ2n) is 6.22. The van der Waals surface area contributed by atoms with Crippen LogP contribution < -0.4 is 5.32 Å². The zero-order valence-electron chi connectivity index (χ0n) is 15.5. The van der Waals surface area contributed by atoms with Crippen LogP contribution in [0.4, 0.5) is 11.4 Å². The molecule has 2 aromatic rings. The summed E-state index contributed by atoms with van der Waals surface area (Å²) >= 11 is 24.9. The number of aliphatic imine (C=N–C) groups is 1. The topological polar surface area (TPSA) is 82.0 Å². The monoisotopic (exact) mass is 505 g/mol. The number of halogens is 4. The number of hydrogen-bond donors (Lipinski definition) is 2. The molecule has 0 bridgehead atoms. The molecule has 0 aliphatic carbocycles. The third-order valence-electron chi connectivity index (χ3n) is 4.16. The number of hydrogen-bond acceptors (Lipinski definition) is 5. The number of phenols is 1. The first kappa shape index (κ1) is 23.0. The van der Waals surface area contributed by atoms with Gasteiger partial charge in [-0.15, -0.1) is 0 Å². The highest BCUT2D eigenvalue weighted by atomic mass is 35.5. The van der Waals surface area contributed by atoms with Gasteiger partial charge in [-0.1, -0.05) is 58.2 Å². The van der Waals surface area contributed by atoms with E-state index in [-0.39, 0.29) is 34.0 Å². The number of rotatable bonds is 4. The van der Waals surface area contributed by atoms with E-state index in [2.05, 4.69) is 10.3 Å². The Hall–Kier alpha value is -1.64. The van der Waals surface area contributed by atoms with E-state index < -0.39 is 5.25 Å². The Balaban J connectivity index is 1.85. The van der Waals surface area contributed by atoms with Crippen molar-refractivity contribution in [3.05, 3.63) is 50.4 Å². The summed E-state index contributed by atoms with van der Waals surface area (Å²) in [6.07, 6.45) is 0.0156. The standard InChI is InChI=1S/C19H15Cl4N3O3S/c1-2-26-16(27)8-15(18(29)24-9-3-4-11(20)12(21)5-9)30-19(26)25-10-6-13(22)17(28)14(23)7-10/h3-7,15,28H,2,8H2,1H3,(H,24,29). The van der Waals surface area contributed by atoms with Crippen molar-refractivity contribution in [3.8, 4) is 5.75 Å². The Bertz CT molecular complexity index is 1020. The van der Waals surface area contributed by atoms with Crippen molar-refractivity contribution in [3.63, 3.8) is 0 Å². The molecule has 1 atom stereocenters. The van der Waals surface area contributed by atoms with E-state index in [9.17, 15) is 14.7 Å². The lowest BCUT2D eigenvalue weighted by Gasteiger charge is -2.31. The summed E-state index contributed by atoms with van der Waals surface area (Å²) in [6, 6.07) is 7.57. The second kappa shape index (κ2) is 9.66. The summed E-state index contributed by atoms with van der Waals surface area (Å²) < 4.78 is 0. The number of carbonyl (C=O) groups is 2. The normalized spacial score (nSPS) is 18.0. The molecule has 11 heteroatoms. The zero-order chi connectivity index (χ0) is 22.0. The maximum absolute atomic E-state index is 12.7. The van der Waals surface area contributed by atoms with Crippen molar-refractivity contribution in [2.24, 2.45) is 4.99 Å². The summed E-state index contributed by atoms with van der Waals surface area (Å²) in [5.41, 5.74) is 0.818. The van der Waals surface area contributed by atoms with Gasteiger partial charge >= 0.3 is 0 Å². The fourth-order valence-electron chi connectivity index (χ4n) is 2.68. The average Bonchev–Trinajstić information content (AvgIpc) is 2.68. The predicted octanol–water partition coefficient (Wildman–Crippen LogP) is 5.99. The van der Waals surface area contributed by atoms with Gasteiger partial charge in [-0.05, 0) is 37.3 Å². The SMILES string of the molecule is CCN1C(=O)CC(C(=O)Nc2ccc(Cl)c(Cl)c2)SC1=Nc1cc(Cl)c(O)c(Cl)c1. The summed E-state index contributed by atoms with van der Waals surface area (Å²) in [4.78, 5) is 31.3. The number of nitrogens with zero attached hydrogens (tertiary/aromatic N) is 2. The van der Waals surface area contributed by atoms with E-state index in [0.717, 1.165) is 11.8 Å². The Kier molecular flexibility index (Phi) is 7.42.